The molecule has 30 heavy (non-hydrogen) atoms. The number of hydrogen-bond donors (Lipinski definition) is 0. The van der Waals surface area contributed by atoms with Crippen molar-refractivity contribution >= 4 is 24.1 Å². The minimum Gasteiger partial charge on any atom is -0.463 e. The molecule has 1 heterocycles. The zero-order valence-electron chi connectivity index (χ0n) is 16.5. The van der Waals surface area contributed by atoms with Crippen LogP contribution in [-0.4, -0.2) is 12.0 Å². The highest BCUT2D eigenvalue weighted by Crippen LogP contribution is 2.18. The average molecular weight is 391 g/mol. The lowest BCUT2D eigenvalue weighted by atomic mass is 9.88. The maximum atomic E-state index is 12.5. The normalized spacial score (nSPS) is 14.9. The number of benzene rings is 3. The highest BCUT2D eigenvalue weighted by molar-refractivity contribution is 6.18. The monoisotopic (exact) mass is 391 g/mol. The van der Waals surface area contributed by atoms with E-state index in [0.29, 0.717) is 0 Å². The molecule has 3 heteroatoms. The second-order valence-corrected chi connectivity index (χ2v) is 7.47. The number of para-hydroxylation sites is 1. The standard InChI is InChI=1S/C18H14O.C9H7NO/c19-17-11-13-6-2-3-7-14(13)16-10-9-12-5-1-4-8-15(12)18(16)17;1-2-4-9-8(3-1)7-10-5-6-11-9/h2-3,5-7,9-11H,1,4,8H2;1-7H. The van der Waals surface area contributed by atoms with Crippen molar-refractivity contribution in [3.63, 3.8) is 0 Å². The van der Waals surface area contributed by atoms with Crippen molar-refractivity contribution in [2.24, 2.45) is 4.99 Å². The molecule has 0 N–H and O–H groups in total. The molecule has 6 rings (SSSR count). The zero-order chi connectivity index (χ0) is 20.3. The Balaban J connectivity index is 0.000000149. The summed E-state index contributed by atoms with van der Waals surface area (Å²) < 4.78 is 5.24. The Kier molecular flexibility index (Phi) is 4.86. The predicted octanol–water partition coefficient (Wildman–Crippen LogP) is 4.04. The number of ketones is 1. The van der Waals surface area contributed by atoms with Crippen LogP contribution in [-0.2, 0) is 6.42 Å². The van der Waals surface area contributed by atoms with E-state index in [4.69, 9.17) is 4.74 Å². The van der Waals surface area contributed by atoms with Crippen molar-refractivity contribution in [3.05, 3.63) is 111 Å². The van der Waals surface area contributed by atoms with Crippen LogP contribution in [0.25, 0.3) is 12.2 Å². The summed E-state index contributed by atoms with van der Waals surface area (Å²) in [5, 5.41) is 4.59. The molecule has 0 saturated heterocycles. The van der Waals surface area contributed by atoms with Gasteiger partial charge in [0.2, 0.25) is 0 Å². The van der Waals surface area contributed by atoms with E-state index in [1.807, 2.05) is 42.5 Å². The van der Waals surface area contributed by atoms with Crippen molar-refractivity contribution in [2.75, 3.05) is 0 Å². The van der Waals surface area contributed by atoms with Gasteiger partial charge in [-0.25, -0.2) is 0 Å². The van der Waals surface area contributed by atoms with Gasteiger partial charge in [0.1, 0.15) is 12.0 Å². The van der Waals surface area contributed by atoms with E-state index in [1.165, 1.54) is 16.0 Å². The number of nitrogens with zero attached hydrogens (tertiary/aromatic N) is 1. The molecule has 3 aromatic carbocycles. The highest BCUT2D eigenvalue weighted by Gasteiger charge is 2.17. The molecule has 0 unspecified atom stereocenters. The molecule has 0 fully saturated rings. The maximum absolute atomic E-state index is 12.5. The number of rotatable bonds is 0. The number of Topliss-reactive ketones (excluding diaryl/α,β-unsaturated/α-hetero) is 1. The second-order valence-electron chi connectivity index (χ2n) is 7.47. The van der Waals surface area contributed by atoms with Gasteiger partial charge in [-0.1, -0.05) is 54.6 Å². The molecule has 0 radical (unpaired) electrons. The molecule has 0 bridgehead atoms. The summed E-state index contributed by atoms with van der Waals surface area (Å²) in [5.74, 6) is 1.02. The van der Waals surface area contributed by atoms with Crippen LogP contribution in [0, 0.1) is 10.4 Å². The van der Waals surface area contributed by atoms with Gasteiger partial charge in [0, 0.05) is 17.3 Å². The SMILES string of the molecule is C1=COc2ccccc2C=N1.O=C1C=c2ccccc2=c2ccc3c(c21)CCCC=3. The molecule has 146 valence electrons. The van der Waals surface area contributed by atoms with E-state index in [9.17, 15) is 4.79 Å². The van der Waals surface area contributed by atoms with Gasteiger partial charge in [-0.2, -0.15) is 0 Å². The molecule has 0 atom stereocenters. The quantitative estimate of drug-likeness (QED) is 0.580. The molecule has 0 spiro atoms. The molecule has 2 aliphatic carbocycles. The molecular formula is C27H21NO2. The molecule has 3 aromatic rings. The van der Waals surface area contributed by atoms with Crippen LogP contribution >= 0.6 is 0 Å². The van der Waals surface area contributed by atoms with Gasteiger partial charge in [-0.05, 0) is 63.9 Å². The topological polar surface area (TPSA) is 38.7 Å². The number of hydrogen-bond acceptors (Lipinski definition) is 3. The van der Waals surface area contributed by atoms with Gasteiger partial charge in [-0.3, -0.25) is 9.79 Å². The van der Waals surface area contributed by atoms with Crippen molar-refractivity contribution in [3.8, 4) is 5.75 Å². The Morgan fingerprint density at radius 2 is 1.73 bits per heavy atom. The minimum absolute atomic E-state index is 0.167. The van der Waals surface area contributed by atoms with E-state index >= 15 is 0 Å². The van der Waals surface area contributed by atoms with Crippen molar-refractivity contribution in [1.82, 2.24) is 0 Å². The lowest BCUT2D eigenvalue weighted by molar-refractivity contribution is 0.105. The Labute approximate surface area is 174 Å². The third-order valence-electron chi connectivity index (χ3n) is 5.60. The number of carbonyl (C=O) groups excluding carboxylic acids is 1. The van der Waals surface area contributed by atoms with Crippen LogP contribution in [0.4, 0.5) is 0 Å². The van der Waals surface area contributed by atoms with E-state index in [-0.39, 0.29) is 5.78 Å². The number of aliphatic imine (C=N–C) groups is 1. The molecule has 0 aromatic heterocycles. The smallest absolute Gasteiger partial charge is 0.187 e. The van der Waals surface area contributed by atoms with Crippen LogP contribution in [0.3, 0.4) is 0 Å². The van der Waals surface area contributed by atoms with Gasteiger partial charge in [0.25, 0.3) is 0 Å². The van der Waals surface area contributed by atoms with Gasteiger partial charge in [-0.15, -0.1) is 0 Å². The molecule has 0 saturated carbocycles. The Morgan fingerprint density at radius 3 is 2.70 bits per heavy atom. The third-order valence-corrected chi connectivity index (χ3v) is 5.60. The summed E-state index contributed by atoms with van der Waals surface area (Å²) in [5.41, 5.74) is 3.20. The zero-order valence-corrected chi connectivity index (χ0v) is 16.5. The van der Waals surface area contributed by atoms with Crippen LogP contribution < -0.4 is 15.2 Å². The number of ether oxygens (including phenoxy) is 1. The fraction of sp³-hybridized carbons (Fsp3) is 0.111. The first kappa shape index (κ1) is 18.3. The Morgan fingerprint density at radius 1 is 0.867 bits per heavy atom. The largest absolute Gasteiger partial charge is 0.463 e. The summed E-state index contributed by atoms with van der Waals surface area (Å²) in [6.45, 7) is 0. The second kappa shape index (κ2) is 7.96. The first-order chi connectivity index (χ1) is 14.8. The maximum Gasteiger partial charge on any atom is 0.187 e. The molecule has 0 amide bonds. The van der Waals surface area contributed by atoms with E-state index in [1.54, 1.807) is 24.8 Å². The van der Waals surface area contributed by atoms with E-state index in [0.717, 1.165) is 46.6 Å². The molecule has 3 nitrogen and oxygen atoms in total. The summed E-state index contributed by atoms with van der Waals surface area (Å²) in [6, 6.07) is 20.2. The highest BCUT2D eigenvalue weighted by atomic mass is 16.5. The lowest BCUT2D eigenvalue weighted by Crippen LogP contribution is -2.22. The van der Waals surface area contributed by atoms with E-state index in [2.05, 4.69) is 29.3 Å². The summed E-state index contributed by atoms with van der Waals surface area (Å²) >= 11 is 0. The summed E-state index contributed by atoms with van der Waals surface area (Å²) in [6.07, 6.45) is 12.3. The van der Waals surface area contributed by atoms with Gasteiger partial charge in [0.15, 0.2) is 5.78 Å². The fourth-order valence-corrected chi connectivity index (χ4v) is 4.21. The fourth-order valence-electron chi connectivity index (χ4n) is 4.21. The van der Waals surface area contributed by atoms with Crippen LogP contribution in [0.15, 0.2) is 78.1 Å². The average Bonchev–Trinajstić information content (AvgIpc) is 3.05. The number of carbonyl (C=O) groups is 1. The molecule has 1 aliphatic heterocycles. The van der Waals surface area contributed by atoms with Crippen molar-refractivity contribution in [1.29, 1.82) is 0 Å². The van der Waals surface area contributed by atoms with Crippen LogP contribution in [0.2, 0.25) is 0 Å². The van der Waals surface area contributed by atoms with Crippen LogP contribution in [0.1, 0.15) is 34.3 Å². The first-order valence-corrected chi connectivity index (χ1v) is 10.2. The van der Waals surface area contributed by atoms with E-state index < -0.39 is 0 Å². The van der Waals surface area contributed by atoms with Crippen LogP contribution in [0.5, 0.6) is 5.75 Å². The first-order valence-electron chi connectivity index (χ1n) is 10.2. The third kappa shape index (κ3) is 3.39. The van der Waals surface area contributed by atoms with Crippen molar-refractivity contribution in [2.45, 2.75) is 19.3 Å². The molecule has 3 aliphatic rings. The van der Waals surface area contributed by atoms with Gasteiger partial charge in [0.05, 0.1) is 6.20 Å². The lowest BCUT2D eigenvalue weighted by Gasteiger charge is -2.15. The van der Waals surface area contributed by atoms with Gasteiger partial charge >= 0.3 is 0 Å². The predicted molar refractivity (Wildman–Crippen MR) is 120 cm³/mol. The minimum atomic E-state index is 0.167. The molecular weight excluding hydrogens is 370 g/mol. The Bertz CT molecular complexity index is 1410. The summed E-state index contributed by atoms with van der Waals surface area (Å²) in [7, 11) is 0. The van der Waals surface area contributed by atoms with Gasteiger partial charge < -0.3 is 4.74 Å². The number of fused-ring (bicyclic) bond motifs is 5. The summed E-state index contributed by atoms with van der Waals surface area (Å²) in [4.78, 5) is 16.4. The Hall–Kier alpha value is -3.72. The van der Waals surface area contributed by atoms with Crippen molar-refractivity contribution < 1.29 is 9.53 Å².